The van der Waals surface area contributed by atoms with Crippen molar-refractivity contribution in [1.29, 1.82) is 0 Å². The average molecular weight is 227 g/mol. The summed E-state index contributed by atoms with van der Waals surface area (Å²) in [6, 6.07) is 10.9. The molecule has 86 valence electrons. The van der Waals surface area contributed by atoms with E-state index in [0.29, 0.717) is 11.3 Å². The van der Waals surface area contributed by atoms with Crippen LogP contribution in [0.1, 0.15) is 16.1 Å². The van der Waals surface area contributed by atoms with Crippen molar-refractivity contribution >= 4 is 17.3 Å². The molecule has 0 spiro atoms. The van der Waals surface area contributed by atoms with Gasteiger partial charge in [-0.05, 0) is 25.1 Å². The minimum Gasteiger partial charge on any atom is -0.398 e. The van der Waals surface area contributed by atoms with Crippen LogP contribution in [0.2, 0.25) is 0 Å². The van der Waals surface area contributed by atoms with Crippen molar-refractivity contribution in [2.24, 2.45) is 0 Å². The molecule has 4 heteroatoms. The third-order valence-corrected chi connectivity index (χ3v) is 2.35. The predicted octanol–water partition coefficient (Wildman–Crippen LogP) is 2.22. The second-order valence-corrected chi connectivity index (χ2v) is 3.73. The van der Waals surface area contributed by atoms with Crippen LogP contribution in [0.4, 0.5) is 11.4 Å². The third-order valence-electron chi connectivity index (χ3n) is 2.35. The topological polar surface area (TPSA) is 68.0 Å². The zero-order chi connectivity index (χ0) is 12.3. The van der Waals surface area contributed by atoms with Gasteiger partial charge < -0.3 is 11.1 Å². The number of nitrogens with one attached hydrogen (secondary N) is 1. The fourth-order valence-corrected chi connectivity index (χ4v) is 1.49. The first-order valence-electron chi connectivity index (χ1n) is 5.25. The Labute approximate surface area is 99.5 Å². The Balaban J connectivity index is 2.21. The Kier molecular flexibility index (Phi) is 3.05. The van der Waals surface area contributed by atoms with Gasteiger partial charge in [-0.15, -0.1) is 0 Å². The summed E-state index contributed by atoms with van der Waals surface area (Å²) in [6.45, 7) is 1.83. The molecular weight excluding hydrogens is 214 g/mol. The number of hydrogen-bond donors (Lipinski definition) is 2. The van der Waals surface area contributed by atoms with Gasteiger partial charge >= 0.3 is 0 Å². The lowest BCUT2D eigenvalue weighted by Crippen LogP contribution is -2.14. The highest BCUT2D eigenvalue weighted by Gasteiger charge is 2.10. The molecule has 0 radical (unpaired) electrons. The highest BCUT2D eigenvalue weighted by atomic mass is 16.1. The zero-order valence-electron chi connectivity index (χ0n) is 9.47. The number of carbonyl (C=O) groups excluding carboxylic acids is 1. The highest BCUT2D eigenvalue weighted by Crippen LogP contribution is 2.14. The number of rotatable bonds is 2. The van der Waals surface area contributed by atoms with Gasteiger partial charge in [-0.25, -0.2) is 0 Å². The number of aryl methyl sites for hydroxylation is 1. The summed E-state index contributed by atoms with van der Waals surface area (Å²) in [7, 11) is 0. The first-order valence-corrected chi connectivity index (χ1v) is 5.25. The molecule has 2 rings (SSSR count). The SMILES string of the molecule is Cc1cc(N)c(C(=O)Nc2ccccc2)cn1. The van der Waals surface area contributed by atoms with E-state index in [1.54, 1.807) is 6.07 Å². The molecule has 0 saturated carbocycles. The molecule has 0 aliphatic carbocycles. The van der Waals surface area contributed by atoms with Crippen molar-refractivity contribution in [1.82, 2.24) is 4.98 Å². The number of hydrogen-bond acceptors (Lipinski definition) is 3. The van der Waals surface area contributed by atoms with Gasteiger partial charge in [0.1, 0.15) is 0 Å². The quantitative estimate of drug-likeness (QED) is 0.826. The maximum absolute atomic E-state index is 11.9. The number of amides is 1. The zero-order valence-corrected chi connectivity index (χ0v) is 9.47. The van der Waals surface area contributed by atoms with E-state index in [0.717, 1.165) is 11.4 Å². The Bertz CT molecular complexity index is 538. The number of benzene rings is 1. The Hall–Kier alpha value is -2.36. The summed E-state index contributed by atoms with van der Waals surface area (Å²) < 4.78 is 0. The Morgan fingerprint density at radius 1 is 1.29 bits per heavy atom. The first kappa shape index (κ1) is 11.1. The molecule has 17 heavy (non-hydrogen) atoms. The molecule has 0 saturated heterocycles. The molecule has 2 aromatic rings. The van der Waals surface area contributed by atoms with E-state index < -0.39 is 0 Å². The summed E-state index contributed by atoms with van der Waals surface area (Å²) in [4.78, 5) is 16.0. The molecule has 3 N–H and O–H groups in total. The smallest absolute Gasteiger partial charge is 0.259 e. The Morgan fingerprint density at radius 3 is 2.65 bits per heavy atom. The van der Waals surface area contributed by atoms with Gasteiger partial charge in [0.25, 0.3) is 5.91 Å². The second kappa shape index (κ2) is 4.65. The van der Waals surface area contributed by atoms with Crippen LogP contribution in [0.3, 0.4) is 0 Å². The highest BCUT2D eigenvalue weighted by molar-refractivity contribution is 6.07. The van der Waals surface area contributed by atoms with Crippen molar-refractivity contribution in [2.45, 2.75) is 6.92 Å². The van der Waals surface area contributed by atoms with Gasteiger partial charge in [-0.1, -0.05) is 18.2 Å². The van der Waals surface area contributed by atoms with Crippen LogP contribution in [-0.2, 0) is 0 Å². The molecule has 0 fully saturated rings. The fourth-order valence-electron chi connectivity index (χ4n) is 1.49. The van der Waals surface area contributed by atoms with Crippen LogP contribution in [0.15, 0.2) is 42.6 Å². The van der Waals surface area contributed by atoms with Crippen molar-refractivity contribution in [3.8, 4) is 0 Å². The fraction of sp³-hybridized carbons (Fsp3) is 0.0769. The van der Waals surface area contributed by atoms with E-state index in [9.17, 15) is 4.79 Å². The molecule has 1 aromatic heterocycles. The maximum Gasteiger partial charge on any atom is 0.259 e. The normalized spacial score (nSPS) is 9.94. The predicted molar refractivity (Wildman–Crippen MR) is 67.8 cm³/mol. The number of pyridine rings is 1. The lowest BCUT2D eigenvalue weighted by atomic mass is 10.2. The van der Waals surface area contributed by atoms with E-state index in [1.807, 2.05) is 37.3 Å². The number of nitrogens with zero attached hydrogens (tertiary/aromatic N) is 1. The van der Waals surface area contributed by atoms with Gasteiger partial charge in [-0.2, -0.15) is 0 Å². The van der Waals surface area contributed by atoms with Crippen molar-refractivity contribution in [3.05, 3.63) is 53.9 Å². The van der Waals surface area contributed by atoms with E-state index in [-0.39, 0.29) is 5.91 Å². The molecule has 0 aliphatic rings. The van der Waals surface area contributed by atoms with Crippen LogP contribution >= 0.6 is 0 Å². The number of para-hydroxylation sites is 1. The molecule has 0 bridgehead atoms. The van der Waals surface area contributed by atoms with Gasteiger partial charge in [-0.3, -0.25) is 9.78 Å². The molecule has 1 amide bonds. The summed E-state index contributed by atoms with van der Waals surface area (Å²) >= 11 is 0. The standard InChI is InChI=1S/C13H13N3O/c1-9-7-12(14)11(8-15-9)13(17)16-10-5-3-2-4-6-10/h2-8H,1H3,(H2,14,15)(H,16,17). The summed E-state index contributed by atoms with van der Waals surface area (Å²) in [5, 5.41) is 2.76. The Morgan fingerprint density at radius 2 is 2.00 bits per heavy atom. The lowest BCUT2D eigenvalue weighted by Gasteiger charge is -2.07. The van der Waals surface area contributed by atoms with E-state index in [4.69, 9.17) is 5.73 Å². The molecule has 1 heterocycles. The first-order chi connectivity index (χ1) is 8.16. The maximum atomic E-state index is 11.9. The van der Waals surface area contributed by atoms with Crippen LogP contribution in [0.25, 0.3) is 0 Å². The molecule has 0 atom stereocenters. The summed E-state index contributed by atoms with van der Waals surface area (Å²) in [5.74, 6) is -0.249. The number of aromatic nitrogens is 1. The molecule has 0 unspecified atom stereocenters. The van der Waals surface area contributed by atoms with Crippen LogP contribution < -0.4 is 11.1 Å². The number of anilines is 2. The van der Waals surface area contributed by atoms with Gasteiger partial charge in [0.15, 0.2) is 0 Å². The number of carbonyl (C=O) groups is 1. The van der Waals surface area contributed by atoms with Crippen molar-refractivity contribution < 1.29 is 4.79 Å². The van der Waals surface area contributed by atoms with Gasteiger partial charge in [0.05, 0.1) is 5.56 Å². The minimum absolute atomic E-state index is 0.249. The lowest BCUT2D eigenvalue weighted by molar-refractivity contribution is 0.102. The summed E-state index contributed by atoms with van der Waals surface area (Å²) in [5.41, 5.74) is 8.12. The van der Waals surface area contributed by atoms with E-state index in [1.165, 1.54) is 6.20 Å². The second-order valence-electron chi connectivity index (χ2n) is 3.73. The molecule has 1 aromatic carbocycles. The third kappa shape index (κ3) is 2.60. The average Bonchev–Trinajstić information content (AvgIpc) is 2.30. The number of nitrogen functional groups attached to an aromatic ring is 1. The van der Waals surface area contributed by atoms with E-state index >= 15 is 0 Å². The van der Waals surface area contributed by atoms with Crippen LogP contribution in [0, 0.1) is 6.92 Å². The number of nitrogens with two attached hydrogens (primary N) is 1. The van der Waals surface area contributed by atoms with Gasteiger partial charge in [0.2, 0.25) is 0 Å². The van der Waals surface area contributed by atoms with Crippen molar-refractivity contribution in [2.75, 3.05) is 11.1 Å². The van der Waals surface area contributed by atoms with Crippen LogP contribution in [0.5, 0.6) is 0 Å². The largest absolute Gasteiger partial charge is 0.398 e. The molecular formula is C13H13N3O. The monoisotopic (exact) mass is 227 g/mol. The minimum atomic E-state index is -0.249. The molecule has 4 nitrogen and oxygen atoms in total. The molecule has 0 aliphatic heterocycles. The van der Waals surface area contributed by atoms with Crippen LogP contribution in [-0.4, -0.2) is 10.9 Å². The summed E-state index contributed by atoms with van der Waals surface area (Å²) in [6.07, 6.45) is 1.49. The van der Waals surface area contributed by atoms with Crippen molar-refractivity contribution in [3.63, 3.8) is 0 Å². The van der Waals surface area contributed by atoms with E-state index in [2.05, 4.69) is 10.3 Å². The van der Waals surface area contributed by atoms with Gasteiger partial charge in [0, 0.05) is 23.3 Å².